The van der Waals surface area contributed by atoms with Gasteiger partial charge in [0, 0.05) is 30.5 Å². The third-order valence-electron chi connectivity index (χ3n) is 3.91. The summed E-state index contributed by atoms with van der Waals surface area (Å²) in [6, 6.07) is 3.37. The summed E-state index contributed by atoms with van der Waals surface area (Å²) in [6.07, 6.45) is 2.32. The molecule has 0 atom stereocenters. The molecule has 0 spiro atoms. The Morgan fingerprint density at radius 1 is 1.22 bits per heavy atom. The zero-order chi connectivity index (χ0) is 16.6. The molecule has 1 aliphatic heterocycles. The molecular weight excluding hydrogens is 297 g/mol. The molecule has 2 aromatic heterocycles. The normalized spacial score (nSPS) is 15.6. The van der Waals surface area contributed by atoms with Crippen molar-refractivity contribution in [1.82, 2.24) is 19.7 Å². The zero-order valence-corrected chi connectivity index (χ0v) is 13.5. The van der Waals surface area contributed by atoms with Crippen LogP contribution in [0.15, 0.2) is 29.3 Å². The SMILES string of the molecule is CC(C)(C)c1ccc(=O)n(CC2CN(c3ncc(F)cn3)C2)n1. The van der Waals surface area contributed by atoms with Crippen molar-refractivity contribution in [3.05, 3.63) is 46.4 Å². The fraction of sp³-hybridized carbons (Fsp3) is 0.500. The van der Waals surface area contributed by atoms with Gasteiger partial charge in [-0.05, 0) is 6.07 Å². The number of rotatable bonds is 3. The second-order valence-electron chi connectivity index (χ2n) is 6.96. The van der Waals surface area contributed by atoms with Gasteiger partial charge in [0.15, 0.2) is 5.82 Å². The van der Waals surface area contributed by atoms with Crippen molar-refractivity contribution in [2.24, 2.45) is 5.92 Å². The van der Waals surface area contributed by atoms with E-state index in [-0.39, 0.29) is 11.0 Å². The molecule has 6 nitrogen and oxygen atoms in total. The molecule has 7 heteroatoms. The number of nitrogens with zero attached hydrogens (tertiary/aromatic N) is 5. The van der Waals surface area contributed by atoms with Crippen LogP contribution in [0, 0.1) is 11.7 Å². The van der Waals surface area contributed by atoms with Crippen molar-refractivity contribution in [2.75, 3.05) is 18.0 Å². The Bertz CT molecular complexity index is 744. The summed E-state index contributed by atoms with van der Waals surface area (Å²) in [4.78, 5) is 21.9. The van der Waals surface area contributed by atoms with Crippen LogP contribution in [0.1, 0.15) is 26.5 Å². The van der Waals surface area contributed by atoms with Gasteiger partial charge in [-0.2, -0.15) is 5.10 Å². The van der Waals surface area contributed by atoms with Crippen LogP contribution >= 0.6 is 0 Å². The molecule has 0 bridgehead atoms. The molecule has 0 unspecified atom stereocenters. The van der Waals surface area contributed by atoms with Gasteiger partial charge in [0.2, 0.25) is 5.95 Å². The summed E-state index contributed by atoms with van der Waals surface area (Å²) in [5.41, 5.74) is 0.716. The molecule has 3 rings (SSSR count). The second-order valence-corrected chi connectivity index (χ2v) is 6.96. The lowest BCUT2D eigenvalue weighted by Gasteiger charge is -2.39. The maximum Gasteiger partial charge on any atom is 0.266 e. The zero-order valence-electron chi connectivity index (χ0n) is 13.5. The van der Waals surface area contributed by atoms with E-state index < -0.39 is 5.82 Å². The number of anilines is 1. The first kappa shape index (κ1) is 15.6. The highest BCUT2D eigenvalue weighted by Gasteiger charge is 2.29. The summed E-state index contributed by atoms with van der Waals surface area (Å²) >= 11 is 0. The Hall–Kier alpha value is -2.31. The standard InChI is InChI=1S/C16H20FN5O/c1-16(2,3)13-4-5-14(23)22(20-13)10-11-8-21(9-11)15-18-6-12(17)7-19-15/h4-7,11H,8-10H2,1-3H3. The van der Waals surface area contributed by atoms with E-state index in [1.165, 1.54) is 4.68 Å². The molecule has 1 aliphatic rings. The van der Waals surface area contributed by atoms with E-state index in [1.54, 1.807) is 12.1 Å². The fourth-order valence-electron chi connectivity index (χ4n) is 2.54. The number of aromatic nitrogens is 4. The maximum atomic E-state index is 12.8. The molecule has 0 N–H and O–H groups in total. The lowest BCUT2D eigenvalue weighted by molar-refractivity contribution is 0.325. The highest BCUT2D eigenvalue weighted by atomic mass is 19.1. The molecule has 1 fully saturated rings. The van der Waals surface area contributed by atoms with E-state index in [2.05, 4.69) is 35.8 Å². The van der Waals surface area contributed by atoms with Crippen LogP contribution in [-0.4, -0.2) is 32.8 Å². The van der Waals surface area contributed by atoms with Crippen molar-refractivity contribution in [1.29, 1.82) is 0 Å². The van der Waals surface area contributed by atoms with Gasteiger partial charge >= 0.3 is 0 Å². The Balaban J connectivity index is 1.66. The van der Waals surface area contributed by atoms with Gasteiger partial charge in [-0.1, -0.05) is 20.8 Å². The van der Waals surface area contributed by atoms with Gasteiger partial charge in [-0.3, -0.25) is 4.79 Å². The molecule has 0 saturated carbocycles. The highest BCUT2D eigenvalue weighted by molar-refractivity contribution is 5.33. The van der Waals surface area contributed by atoms with E-state index in [0.717, 1.165) is 31.2 Å². The summed E-state index contributed by atoms with van der Waals surface area (Å²) in [5, 5.41) is 4.48. The van der Waals surface area contributed by atoms with E-state index in [9.17, 15) is 9.18 Å². The first-order valence-corrected chi connectivity index (χ1v) is 7.64. The first-order chi connectivity index (χ1) is 10.8. The van der Waals surface area contributed by atoms with Crippen LogP contribution in [0.3, 0.4) is 0 Å². The molecule has 0 amide bonds. The van der Waals surface area contributed by atoms with Crippen molar-refractivity contribution < 1.29 is 4.39 Å². The minimum atomic E-state index is -0.444. The fourth-order valence-corrected chi connectivity index (χ4v) is 2.54. The summed E-state index contributed by atoms with van der Waals surface area (Å²) in [7, 11) is 0. The van der Waals surface area contributed by atoms with Gasteiger partial charge in [0.25, 0.3) is 5.56 Å². The topological polar surface area (TPSA) is 63.9 Å². The van der Waals surface area contributed by atoms with Gasteiger partial charge in [0.05, 0.1) is 24.6 Å². The third-order valence-corrected chi connectivity index (χ3v) is 3.91. The number of hydrogen-bond acceptors (Lipinski definition) is 5. The average Bonchev–Trinajstić information content (AvgIpc) is 2.44. The smallest absolute Gasteiger partial charge is 0.266 e. The largest absolute Gasteiger partial charge is 0.340 e. The monoisotopic (exact) mass is 317 g/mol. The van der Waals surface area contributed by atoms with Crippen LogP contribution < -0.4 is 10.5 Å². The predicted molar refractivity (Wildman–Crippen MR) is 84.9 cm³/mol. The van der Waals surface area contributed by atoms with E-state index >= 15 is 0 Å². The third kappa shape index (κ3) is 3.38. The quantitative estimate of drug-likeness (QED) is 0.860. The van der Waals surface area contributed by atoms with Gasteiger partial charge in [-0.25, -0.2) is 19.0 Å². The van der Waals surface area contributed by atoms with Crippen LogP contribution in [0.4, 0.5) is 10.3 Å². The minimum absolute atomic E-state index is 0.0884. The average molecular weight is 317 g/mol. The molecule has 2 aromatic rings. The van der Waals surface area contributed by atoms with Gasteiger partial charge in [0.1, 0.15) is 0 Å². The highest BCUT2D eigenvalue weighted by Crippen LogP contribution is 2.22. The molecule has 0 aromatic carbocycles. The van der Waals surface area contributed by atoms with Crippen LogP contribution in [0.5, 0.6) is 0 Å². The summed E-state index contributed by atoms with van der Waals surface area (Å²) in [5.74, 6) is 0.385. The van der Waals surface area contributed by atoms with Crippen LogP contribution in [0.25, 0.3) is 0 Å². The first-order valence-electron chi connectivity index (χ1n) is 7.64. The van der Waals surface area contributed by atoms with Crippen molar-refractivity contribution in [3.8, 4) is 0 Å². The Kier molecular flexibility index (Phi) is 3.87. The van der Waals surface area contributed by atoms with E-state index in [0.29, 0.717) is 18.4 Å². The van der Waals surface area contributed by atoms with Gasteiger partial charge < -0.3 is 4.90 Å². The van der Waals surface area contributed by atoms with Crippen LogP contribution in [0.2, 0.25) is 0 Å². The molecule has 1 saturated heterocycles. The molecular formula is C16H20FN5O. The second kappa shape index (κ2) is 5.72. The van der Waals surface area contributed by atoms with Gasteiger partial charge in [-0.15, -0.1) is 0 Å². The number of halogens is 1. The Labute approximate surface area is 134 Å². The Morgan fingerprint density at radius 3 is 2.48 bits per heavy atom. The lowest BCUT2D eigenvalue weighted by atomic mass is 9.92. The predicted octanol–water partition coefficient (Wildman–Crippen LogP) is 1.61. The van der Waals surface area contributed by atoms with Crippen LogP contribution in [-0.2, 0) is 12.0 Å². The maximum absolute atomic E-state index is 12.8. The minimum Gasteiger partial charge on any atom is -0.340 e. The molecule has 0 aliphatic carbocycles. The molecule has 23 heavy (non-hydrogen) atoms. The summed E-state index contributed by atoms with van der Waals surface area (Å²) < 4.78 is 14.4. The molecule has 122 valence electrons. The van der Waals surface area contributed by atoms with E-state index in [4.69, 9.17) is 0 Å². The summed E-state index contributed by atoms with van der Waals surface area (Å²) in [6.45, 7) is 8.25. The van der Waals surface area contributed by atoms with Crippen molar-refractivity contribution in [2.45, 2.75) is 32.7 Å². The molecule has 0 radical (unpaired) electrons. The number of hydrogen-bond donors (Lipinski definition) is 0. The Morgan fingerprint density at radius 2 is 1.87 bits per heavy atom. The van der Waals surface area contributed by atoms with Crippen molar-refractivity contribution in [3.63, 3.8) is 0 Å². The van der Waals surface area contributed by atoms with Crippen molar-refractivity contribution >= 4 is 5.95 Å². The molecule has 3 heterocycles. The lowest BCUT2D eigenvalue weighted by Crippen LogP contribution is -2.50. The van der Waals surface area contributed by atoms with E-state index in [1.807, 2.05) is 4.90 Å².